The molecule has 0 aromatic carbocycles. The molecule has 2 nitrogen and oxygen atoms in total. The summed E-state index contributed by atoms with van der Waals surface area (Å²) in [5, 5.41) is 0. The first-order valence-electron chi connectivity index (χ1n) is 2.98. The number of hydrogen-bond donors (Lipinski definition) is 0. The number of hydrogen-bond acceptors (Lipinski definition) is 1. The van der Waals surface area contributed by atoms with Gasteiger partial charge in [0.2, 0.25) is 0 Å². The minimum absolute atomic E-state index is 0. The molecule has 0 saturated heterocycles. The molecule has 0 rings (SSSR count). The van der Waals surface area contributed by atoms with E-state index in [4.69, 9.17) is 0 Å². The molecule has 0 aromatic heterocycles. The SMILES string of the molecule is [CH2-]C([CH2-])=NS(=O)C(C)(C)C.[W+2]. The third-order valence-corrected chi connectivity index (χ3v) is 2.21. The van der Waals surface area contributed by atoms with Crippen LogP contribution in [0.25, 0.3) is 0 Å². The van der Waals surface area contributed by atoms with Crippen LogP contribution in [-0.4, -0.2) is 14.7 Å². The van der Waals surface area contributed by atoms with Crippen LogP contribution in [0.1, 0.15) is 20.8 Å². The predicted octanol–water partition coefficient (Wildman–Crippen LogP) is 1.56. The molecule has 0 aromatic rings. The summed E-state index contributed by atoms with van der Waals surface area (Å²) in [7, 11) is -1.20. The Morgan fingerprint density at radius 1 is 1.36 bits per heavy atom. The second kappa shape index (κ2) is 4.99. The van der Waals surface area contributed by atoms with Crippen LogP contribution >= 0.6 is 0 Å². The van der Waals surface area contributed by atoms with Gasteiger partial charge in [0, 0.05) is 0 Å². The van der Waals surface area contributed by atoms with Crippen molar-refractivity contribution in [2.75, 3.05) is 0 Å². The molecule has 11 heavy (non-hydrogen) atoms. The van der Waals surface area contributed by atoms with Crippen molar-refractivity contribution >= 4 is 16.7 Å². The monoisotopic (exact) mass is 343 g/mol. The Morgan fingerprint density at radius 2 is 1.73 bits per heavy atom. The first kappa shape index (κ1) is 13.8. The van der Waals surface area contributed by atoms with E-state index in [1.54, 1.807) is 0 Å². The maximum absolute atomic E-state index is 11.1. The van der Waals surface area contributed by atoms with Crippen molar-refractivity contribution in [2.45, 2.75) is 25.5 Å². The van der Waals surface area contributed by atoms with Crippen LogP contribution < -0.4 is 0 Å². The molecule has 0 heterocycles. The average molecular weight is 343 g/mol. The molecule has 0 spiro atoms. The van der Waals surface area contributed by atoms with Crippen LogP contribution in [0.3, 0.4) is 0 Å². The zero-order valence-corrected chi connectivity index (χ0v) is 10.8. The van der Waals surface area contributed by atoms with Gasteiger partial charge in [-0.05, 0) is 20.8 Å². The molecule has 0 N–H and O–H groups in total. The molecule has 0 radical (unpaired) electrons. The van der Waals surface area contributed by atoms with Crippen molar-refractivity contribution < 1.29 is 25.3 Å². The minimum atomic E-state index is -1.20. The van der Waals surface area contributed by atoms with Crippen LogP contribution in [0.5, 0.6) is 0 Å². The summed E-state index contributed by atoms with van der Waals surface area (Å²) in [6, 6.07) is 0. The van der Waals surface area contributed by atoms with E-state index in [0.717, 1.165) is 0 Å². The van der Waals surface area contributed by atoms with E-state index in [2.05, 4.69) is 18.2 Å². The molecular weight excluding hydrogens is 330 g/mol. The number of rotatable bonds is 1. The van der Waals surface area contributed by atoms with Crippen molar-refractivity contribution in [1.82, 2.24) is 0 Å². The van der Waals surface area contributed by atoms with Gasteiger partial charge in [-0.3, -0.25) is 10.1 Å². The standard InChI is InChI=1S/C7H13NOS.W/c1-6(2)8-10(9)7(3,4)5;/h1-2H2,3-5H3;/q-2;+2. The first-order valence-corrected chi connectivity index (χ1v) is 4.09. The van der Waals surface area contributed by atoms with Crippen molar-refractivity contribution in [3.05, 3.63) is 13.8 Å². The van der Waals surface area contributed by atoms with E-state index in [1.165, 1.54) is 0 Å². The van der Waals surface area contributed by atoms with Crippen molar-refractivity contribution in [2.24, 2.45) is 4.40 Å². The molecule has 0 fully saturated rings. The number of nitrogens with zero attached hydrogens (tertiary/aromatic N) is 1. The molecule has 0 aliphatic rings. The van der Waals surface area contributed by atoms with Crippen molar-refractivity contribution in [3.63, 3.8) is 0 Å². The zero-order valence-electron chi connectivity index (χ0n) is 7.09. The van der Waals surface area contributed by atoms with E-state index in [0.29, 0.717) is 5.71 Å². The fourth-order valence-corrected chi connectivity index (χ4v) is 0.763. The van der Waals surface area contributed by atoms with Gasteiger partial charge in [0.25, 0.3) is 0 Å². The third-order valence-electron chi connectivity index (χ3n) is 0.736. The fourth-order valence-electron chi connectivity index (χ4n) is 0.254. The van der Waals surface area contributed by atoms with E-state index in [-0.39, 0.29) is 25.8 Å². The molecule has 1 unspecified atom stereocenters. The van der Waals surface area contributed by atoms with Crippen LogP contribution in [0, 0.1) is 13.8 Å². The van der Waals surface area contributed by atoms with E-state index >= 15 is 0 Å². The Morgan fingerprint density at radius 3 is 1.82 bits per heavy atom. The van der Waals surface area contributed by atoms with Crippen molar-refractivity contribution in [1.29, 1.82) is 0 Å². The normalized spacial score (nSPS) is 13.0. The van der Waals surface area contributed by atoms with E-state index in [9.17, 15) is 4.21 Å². The van der Waals surface area contributed by atoms with Gasteiger partial charge in [-0.15, -0.1) is 0 Å². The maximum atomic E-state index is 11.1. The summed E-state index contributed by atoms with van der Waals surface area (Å²) in [6.07, 6.45) is 0. The first-order chi connectivity index (χ1) is 4.34. The van der Waals surface area contributed by atoms with Crippen LogP contribution in [0.2, 0.25) is 0 Å². The summed E-state index contributed by atoms with van der Waals surface area (Å²) >= 11 is 0. The second-order valence-electron chi connectivity index (χ2n) is 3.02. The summed E-state index contributed by atoms with van der Waals surface area (Å²) < 4.78 is 14.5. The smallest absolute Gasteiger partial charge is 0.390 e. The Kier molecular flexibility index (Phi) is 6.27. The maximum Gasteiger partial charge on any atom is 2.00 e. The van der Waals surface area contributed by atoms with Gasteiger partial charge in [-0.2, -0.15) is 0 Å². The van der Waals surface area contributed by atoms with Gasteiger partial charge in [0.05, 0.1) is 4.75 Å². The van der Waals surface area contributed by atoms with E-state index in [1.807, 2.05) is 20.8 Å². The molecular formula is C7H13NOSW. The Labute approximate surface area is 85.7 Å². The van der Waals surface area contributed by atoms with Gasteiger partial charge < -0.3 is 13.8 Å². The average Bonchev–Trinajstić information content (AvgIpc) is 1.60. The van der Waals surface area contributed by atoms with Gasteiger partial charge in [0.1, 0.15) is 11.0 Å². The largest absolute Gasteiger partial charge is 2.00 e. The van der Waals surface area contributed by atoms with Crippen molar-refractivity contribution in [3.8, 4) is 0 Å². The molecule has 0 aliphatic carbocycles. The van der Waals surface area contributed by atoms with Crippen LogP contribution in [0.4, 0.5) is 0 Å². The predicted molar refractivity (Wildman–Crippen MR) is 46.0 cm³/mol. The Balaban J connectivity index is 0. The molecule has 0 aliphatic heterocycles. The summed E-state index contributed by atoms with van der Waals surface area (Å²) in [4.78, 5) is 0. The Hall–Kier alpha value is 0.248. The molecule has 64 valence electrons. The topological polar surface area (TPSA) is 29.4 Å². The van der Waals surface area contributed by atoms with Gasteiger partial charge in [-0.25, -0.2) is 4.21 Å². The quantitative estimate of drug-likeness (QED) is 0.525. The molecule has 0 bridgehead atoms. The molecule has 4 heteroatoms. The minimum Gasteiger partial charge on any atom is -0.390 e. The second-order valence-corrected chi connectivity index (χ2v) is 4.92. The fraction of sp³-hybridized carbons (Fsp3) is 0.571. The molecule has 1 atom stereocenters. The van der Waals surface area contributed by atoms with Gasteiger partial charge in [-0.1, -0.05) is 0 Å². The van der Waals surface area contributed by atoms with Crippen LogP contribution in [0.15, 0.2) is 4.40 Å². The van der Waals surface area contributed by atoms with E-state index < -0.39 is 11.0 Å². The van der Waals surface area contributed by atoms with Crippen LogP contribution in [-0.2, 0) is 32.1 Å². The molecule has 0 amide bonds. The summed E-state index contributed by atoms with van der Waals surface area (Å²) in [5.41, 5.74) is 0.369. The Bertz CT molecular complexity index is 168. The summed E-state index contributed by atoms with van der Waals surface area (Å²) in [6.45, 7) is 12.4. The third kappa shape index (κ3) is 6.64. The van der Waals surface area contributed by atoms with Gasteiger partial charge >= 0.3 is 21.1 Å². The zero-order chi connectivity index (χ0) is 8.36. The molecule has 0 saturated carbocycles. The van der Waals surface area contributed by atoms with Gasteiger partial charge in [0.15, 0.2) is 0 Å². The summed E-state index contributed by atoms with van der Waals surface area (Å²) in [5.74, 6) is 0.